The number of pyridine rings is 1. The lowest BCUT2D eigenvalue weighted by Crippen LogP contribution is -2.40. The first kappa shape index (κ1) is 21.3. The molecule has 1 aliphatic rings. The molecule has 0 bridgehead atoms. The fourth-order valence-electron chi connectivity index (χ4n) is 4.17. The Hall–Kier alpha value is -2.93. The first-order valence-corrected chi connectivity index (χ1v) is 11.0. The molecule has 1 aliphatic carbocycles. The Morgan fingerprint density at radius 3 is 2.90 bits per heavy atom. The summed E-state index contributed by atoms with van der Waals surface area (Å²) in [5.41, 5.74) is 3.94. The highest BCUT2D eigenvalue weighted by molar-refractivity contribution is 5.74. The van der Waals surface area contributed by atoms with Crippen molar-refractivity contribution in [3.63, 3.8) is 0 Å². The number of alkyl carbamates (subject to hydrolysis) is 1. The summed E-state index contributed by atoms with van der Waals surface area (Å²) < 4.78 is 5.38. The summed E-state index contributed by atoms with van der Waals surface area (Å²) >= 11 is 0. The van der Waals surface area contributed by atoms with E-state index in [0.29, 0.717) is 19.6 Å². The van der Waals surface area contributed by atoms with Gasteiger partial charge in [-0.2, -0.15) is 0 Å². The zero-order valence-electron chi connectivity index (χ0n) is 18.5. The topological polar surface area (TPSA) is 83.1 Å². The van der Waals surface area contributed by atoms with E-state index in [0.717, 1.165) is 41.8 Å². The molecule has 31 heavy (non-hydrogen) atoms. The third-order valence-electron chi connectivity index (χ3n) is 5.46. The third kappa shape index (κ3) is 5.41. The number of nitrogens with zero attached hydrogens (tertiary/aromatic N) is 3. The average Bonchev–Trinajstić information content (AvgIpc) is 3.14. The average molecular weight is 422 g/mol. The number of aromatic nitrogens is 3. The highest BCUT2D eigenvalue weighted by Gasteiger charge is 2.28. The van der Waals surface area contributed by atoms with Crippen molar-refractivity contribution in [3.05, 3.63) is 59.7 Å². The number of ether oxygens (including phenoxy) is 1. The Kier molecular flexibility index (Phi) is 6.23. The molecule has 1 aromatic carbocycles. The van der Waals surface area contributed by atoms with Gasteiger partial charge in [0.15, 0.2) is 0 Å². The maximum absolute atomic E-state index is 12.1. The summed E-state index contributed by atoms with van der Waals surface area (Å²) in [4.78, 5) is 27.4. The van der Waals surface area contributed by atoms with Crippen molar-refractivity contribution in [1.29, 1.82) is 0 Å². The summed E-state index contributed by atoms with van der Waals surface area (Å²) in [7, 11) is 0. The van der Waals surface area contributed by atoms with Crippen molar-refractivity contribution in [3.8, 4) is 0 Å². The number of carbonyl (C=O) groups excluding carboxylic acids is 1. The van der Waals surface area contributed by atoms with Crippen LogP contribution in [0.15, 0.2) is 42.6 Å². The second-order valence-corrected chi connectivity index (χ2v) is 9.06. The Labute approximate surface area is 183 Å². The number of para-hydroxylation sites is 2. The molecule has 1 atom stereocenters. The SMILES string of the molecule is CC(C)(C)OC(=O)NCCN(Cc1nc2ccccc2[nH]1)C1CCCc2cccnc21. The van der Waals surface area contributed by atoms with Crippen LogP contribution in [0, 0.1) is 0 Å². The number of hydrogen-bond acceptors (Lipinski definition) is 5. The molecule has 3 aromatic rings. The molecule has 164 valence electrons. The van der Waals surface area contributed by atoms with E-state index < -0.39 is 11.7 Å². The largest absolute Gasteiger partial charge is 0.444 e. The number of nitrogens with one attached hydrogen (secondary N) is 2. The molecule has 0 spiro atoms. The number of carbonyl (C=O) groups is 1. The standard InChI is InChI=1S/C24H31N5O2/c1-24(2,3)31-23(30)26-14-15-29(16-21-27-18-10-4-5-11-19(18)28-21)20-12-6-8-17-9-7-13-25-22(17)20/h4-5,7,9-11,13,20H,6,8,12,14-16H2,1-3H3,(H,26,30)(H,27,28). The highest BCUT2D eigenvalue weighted by atomic mass is 16.6. The fraction of sp³-hybridized carbons (Fsp3) is 0.458. The van der Waals surface area contributed by atoms with E-state index in [-0.39, 0.29) is 6.04 Å². The van der Waals surface area contributed by atoms with E-state index in [1.807, 2.05) is 57.3 Å². The number of rotatable bonds is 6. The lowest BCUT2D eigenvalue weighted by Gasteiger charge is -2.34. The molecule has 2 heterocycles. The number of aromatic amines is 1. The van der Waals surface area contributed by atoms with Gasteiger partial charge in [0.25, 0.3) is 0 Å². The smallest absolute Gasteiger partial charge is 0.407 e. The van der Waals surface area contributed by atoms with Gasteiger partial charge in [-0.05, 0) is 63.8 Å². The lowest BCUT2D eigenvalue weighted by molar-refractivity contribution is 0.0515. The van der Waals surface area contributed by atoms with Crippen LogP contribution in [-0.2, 0) is 17.7 Å². The number of amides is 1. The van der Waals surface area contributed by atoms with Crippen LogP contribution in [0.3, 0.4) is 0 Å². The minimum atomic E-state index is -0.510. The predicted octanol–water partition coefficient (Wildman–Crippen LogP) is 4.36. The normalized spacial score (nSPS) is 16.3. The highest BCUT2D eigenvalue weighted by Crippen LogP contribution is 2.33. The first-order valence-electron chi connectivity index (χ1n) is 11.0. The van der Waals surface area contributed by atoms with Gasteiger partial charge >= 0.3 is 6.09 Å². The second-order valence-electron chi connectivity index (χ2n) is 9.06. The molecule has 0 radical (unpaired) electrons. The summed E-state index contributed by atoms with van der Waals surface area (Å²) in [6.45, 7) is 7.43. The van der Waals surface area contributed by atoms with Gasteiger partial charge in [-0.1, -0.05) is 18.2 Å². The maximum atomic E-state index is 12.1. The van der Waals surface area contributed by atoms with Crippen LogP contribution in [0.1, 0.15) is 56.7 Å². The molecule has 0 saturated carbocycles. The van der Waals surface area contributed by atoms with Gasteiger partial charge in [-0.25, -0.2) is 9.78 Å². The number of hydrogen-bond donors (Lipinski definition) is 2. The molecule has 0 fully saturated rings. The van der Waals surface area contributed by atoms with Gasteiger partial charge in [-0.15, -0.1) is 0 Å². The molecule has 0 aliphatic heterocycles. The van der Waals surface area contributed by atoms with E-state index in [2.05, 4.69) is 21.3 Å². The van der Waals surface area contributed by atoms with Crippen LogP contribution in [0.5, 0.6) is 0 Å². The van der Waals surface area contributed by atoms with Gasteiger partial charge in [0, 0.05) is 19.3 Å². The minimum Gasteiger partial charge on any atom is -0.444 e. The van der Waals surface area contributed by atoms with Gasteiger partial charge in [0.1, 0.15) is 11.4 Å². The Bertz CT molecular complexity index is 1010. The van der Waals surface area contributed by atoms with Crippen LogP contribution in [0.25, 0.3) is 11.0 Å². The summed E-state index contributed by atoms with van der Waals surface area (Å²) in [5.74, 6) is 0.918. The second kappa shape index (κ2) is 9.06. The molecule has 4 rings (SSSR count). The molecular weight excluding hydrogens is 390 g/mol. The van der Waals surface area contributed by atoms with Crippen molar-refractivity contribution in [2.75, 3.05) is 13.1 Å². The van der Waals surface area contributed by atoms with Crippen molar-refractivity contribution >= 4 is 17.1 Å². The van der Waals surface area contributed by atoms with E-state index >= 15 is 0 Å². The summed E-state index contributed by atoms with van der Waals surface area (Å²) in [6.07, 6.45) is 4.71. The molecule has 1 unspecified atom stereocenters. The maximum Gasteiger partial charge on any atom is 0.407 e. The van der Waals surface area contributed by atoms with Gasteiger partial charge < -0.3 is 15.0 Å². The number of fused-ring (bicyclic) bond motifs is 2. The molecule has 2 aromatic heterocycles. The number of H-pyrrole nitrogens is 1. The van der Waals surface area contributed by atoms with Crippen LogP contribution in [-0.4, -0.2) is 44.6 Å². The number of aryl methyl sites for hydroxylation is 1. The summed E-state index contributed by atoms with van der Waals surface area (Å²) in [6, 6.07) is 12.4. The fourth-order valence-corrected chi connectivity index (χ4v) is 4.17. The van der Waals surface area contributed by atoms with Crippen LogP contribution in [0.4, 0.5) is 4.79 Å². The lowest BCUT2D eigenvalue weighted by atomic mass is 9.91. The van der Waals surface area contributed by atoms with Gasteiger partial charge in [-0.3, -0.25) is 9.88 Å². The molecular formula is C24H31N5O2. The van der Waals surface area contributed by atoms with Crippen LogP contribution >= 0.6 is 0 Å². The van der Waals surface area contributed by atoms with Crippen LogP contribution < -0.4 is 5.32 Å². The van der Waals surface area contributed by atoms with Crippen LogP contribution in [0.2, 0.25) is 0 Å². The van der Waals surface area contributed by atoms with Gasteiger partial charge in [0.2, 0.25) is 0 Å². The van der Waals surface area contributed by atoms with E-state index in [1.165, 1.54) is 5.56 Å². The van der Waals surface area contributed by atoms with Crippen molar-refractivity contribution in [2.45, 2.75) is 58.2 Å². The molecule has 7 nitrogen and oxygen atoms in total. The van der Waals surface area contributed by atoms with E-state index in [4.69, 9.17) is 14.7 Å². The molecule has 7 heteroatoms. The monoisotopic (exact) mass is 421 g/mol. The van der Waals surface area contributed by atoms with Gasteiger partial charge in [0.05, 0.1) is 29.3 Å². The quantitative estimate of drug-likeness (QED) is 0.618. The number of imidazole rings is 1. The Balaban J connectivity index is 1.52. The minimum absolute atomic E-state index is 0.193. The van der Waals surface area contributed by atoms with Crippen molar-refractivity contribution in [2.24, 2.45) is 0 Å². The summed E-state index contributed by atoms with van der Waals surface area (Å²) in [5, 5.41) is 2.89. The molecule has 1 amide bonds. The molecule has 2 N–H and O–H groups in total. The third-order valence-corrected chi connectivity index (χ3v) is 5.46. The van der Waals surface area contributed by atoms with Crippen molar-refractivity contribution < 1.29 is 9.53 Å². The van der Waals surface area contributed by atoms with E-state index in [9.17, 15) is 4.79 Å². The zero-order chi connectivity index (χ0) is 21.8. The Morgan fingerprint density at radius 2 is 2.10 bits per heavy atom. The zero-order valence-corrected chi connectivity index (χ0v) is 18.5. The van der Waals surface area contributed by atoms with Crippen molar-refractivity contribution in [1.82, 2.24) is 25.2 Å². The Morgan fingerprint density at radius 1 is 1.26 bits per heavy atom. The molecule has 0 saturated heterocycles. The predicted molar refractivity (Wildman–Crippen MR) is 121 cm³/mol. The van der Waals surface area contributed by atoms with E-state index in [1.54, 1.807) is 0 Å². The first-order chi connectivity index (χ1) is 14.9. The number of benzene rings is 1.